The number of hydrogen-bond acceptors (Lipinski definition) is 3. The standard InChI is InChI=1S/C13H11FO3S/c1-2-17-12-4-3-8(5-11(12)14)9-6-18-7-10(9)13(15)16/h3-7H,2H2,1H3,(H,15,16). The molecule has 94 valence electrons. The van der Waals surface area contributed by atoms with Gasteiger partial charge in [-0.05, 0) is 30.0 Å². The number of benzene rings is 1. The highest BCUT2D eigenvalue weighted by molar-refractivity contribution is 7.08. The maximum absolute atomic E-state index is 13.7. The molecule has 0 atom stereocenters. The summed E-state index contributed by atoms with van der Waals surface area (Å²) in [7, 11) is 0. The van der Waals surface area contributed by atoms with Crippen molar-refractivity contribution < 1.29 is 19.0 Å². The zero-order valence-electron chi connectivity index (χ0n) is 9.64. The molecule has 0 fully saturated rings. The van der Waals surface area contributed by atoms with Gasteiger partial charge in [-0.2, -0.15) is 11.3 Å². The van der Waals surface area contributed by atoms with Gasteiger partial charge in [-0.25, -0.2) is 9.18 Å². The van der Waals surface area contributed by atoms with E-state index in [4.69, 9.17) is 9.84 Å². The molecule has 0 bridgehead atoms. The predicted molar refractivity (Wildman–Crippen MR) is 67.8 cm³/mol. The van der Waals surface area contributed by atoms with Crippen LogP contribution in [0.15, 0.2) is 29.0 Å². The van der Waals surface area contributed by atoms with E-state index in [1.54, 1.807) is 18.4 Å². The van der Waals surface area contributed by atoms with Crippen LogP contribution in [0.1, 0.15) is 17.3 Å². The molecule has 2 rings (SSSR count). The van der Waals surface area contributed by atoms with Crippen molar-refractivity contribution in [2.75, 3.05) is 6.61 Å². The quantitative estimate of drug-likeness (QED) is 0.918. The summed E-state index contributed by atoms with van der Waals surface area (Å²) in [4.78, 5) is 11.0. The number of carboxylic acids is 1. The molecule has 18 heavy (non-hydrogen) atoms. The number of thiophene rings is 1. The summed E-state index contributed by atoms with van der Waals surface area (Å²) in [5.41, 5.74) is 1.24. The molecule has 0 radical (unpaired) electrons. The van der Waals surface area contributed by atoms with Crippen LogP contribution in [-0.2, 0) is 0 Å². The molecule has 0 spiro atoms. The molecule has 0 aliphatic heterocycles. The zero-order valence-corrected chi connectivity index (χ0v) is 10.5. The van der Waals surface area contributed by atoms with Crippen LogP contribution < -0.4 is 4.74 Å². The first-order valence-electron chi connectivity index (χ1n) is 5.35. The van der Waals surface area contributed by atoms with Crippen LogP contribution in [0.2, 0.25) is 0 Å². The highest BCUT2D eigenvalue weighted by Gasteiger charge is 2.14. The molecule has 0 aliphatic rings. The van der Waals surface area contributed by atoms with E-state index in [2.05, 4.69) is 0 Å². The van der Waals surface area contributed by atoms with Crippen molar-refractivity contribution in [1.82, 2.24) is 0 Å². The fraction of sp³-hybridized carbons (Fsp3) is 0.154. The van der Waals surface area contributed by atoms with Gasteiger partial charge in [0, 0.05) is 10.9 Å². The molecule has 1 N–H and O–H groups in total. The third-order valence-electron chi connectivity index (χ3n) is 2.44. The van der Waals surface area contributed by atoms with Gasteiger partial charge in [0.15, 0.2) is 11.6 Å². The van der Waals surface area contributed by atoms with Crippen molar-refractivity contribution in [1.29, 1.82) is 0 Å². The van der Waals surface area contributed by atoms with Crippen LogP contribution in [0.4, 0.5) is 4.39 Å². The molecule has 3 nitrogen and oxygen atoms in total. The molecule has 0 amide bonds. The Morgan fingerprint density at radius 2 is 2.22 bits per heavy atom. The van der Waals surface area contributed by atoms with Crippen molar-refractivity contribution in [2.24, 2.45) is 0 Å². The molecule has 0 saturated heterocycles. The number of carbonyl (C=O) groups is 1. The summed E-state index contributed by atoms with van der Waals surface area (Å²) in [6.07, 6.45) is 0. The number of halogens is 1. The lowest BCUT2D eigenvalue weighted by molar-refractivity contribution is 0.0698. The molecule has 1 aromatic heterocycles. The number of aromatic carboxylic acids is 1. The fourth-order valence-electron chi connectivity index (χ4n) is 1.63. The molecule has 5 heteroatoms. The van der Waals surface area contributed by atoms with E-state index >= 15 is 0 Å². The second-order valence-electron chi connectivity index (χ2n) is 3.58. The van der Waals surface area contributed by atoms with E-state index in [9.17, 15) is 9.18 Å². The van der Waals surface area contributed by atoms with Gasteiger partial charge in [-0.1, -0.05) is 6.07 Å². The highest BCUT2D eigenvalue weighted by atomic mass is 32.1. The Kier molecular flexibility index (Phi) is 3.62. The van der Waals surface area contributed by atoms with E-state index in [0.717, 1.165) is 0 Å². The SMILES string of the molecule is CCOc1ccc(-c2cscc2C(=O)O)cc1F. The minimum atomic E-state index is -1.01. The van der Waals surface area contributed by atoms with Crippen LogP contribution >= 0.6 is 11.3 Å². The summed E-state index contributed by atoms with van der Waals surface area (Å²) >= 11 is 1.28. The van der Waals surface area contributed by atoms with E-state index in [1.807, 2.05) is 0 Å². The topological polar surface area (TPSA) is 46.5 Å². The van der Waals surface area contributed by atoms with Crippen molar-refractivity contribution in [3.63, 3.8) is 0 Å². The Balaban J connectivity index is 2.42. The predicted octanol–water partition coefficient (Wildman–Crippen LogP) is 3.65. The Morgan fingerprint density at radius 1 is 1.44 bits per heavy atom. The smallest absolute Gasteiger partial charge is 0.337 e. The second-order valence-corrected chi connectivity index (χ2v) is 4.33. The van der Waals surface area contributed by atoms with Crippen molar-refractivity contribution in [3.05, 3.63) is 40.3 Å². The molecular weight excluding hydrogens is 255 g/mol. The summed E-state index contributed by atoms with van der Waals surface area (Å²) in [6, 6.07) is 4.46. The monoisotopic (exact) mass is 266 g/mol. The lowest BCUT2D eigenvalue weighted by Gasteiger charge is -2.06. The summed E-state index contributed by atoms with van der Waals surface area (Å²) < 4.78 is 18.8. The summed E-state index contributed by atoms with van der Waals surface area (Å²) in [6.45, 7) is 2.16. The number of carboxylic acid groups (broad SMARTS) is 1. The second kappa shape index (κ2) is 5.18. The molecule has 1 aromatic carbocycles. The third-order valence-corrected chi connectivity index (χ3v) is 3.18. The van der Waals surface area contributed by atoms with Gasteiger partial charge in [0.05, 0.1) is 12.2 Å². The summed E-state index contributed by atoms with van der Waals surface area (Å²) in [5, 5.41) is 12.2. The summed E-state index contributed by atoms with van der Waals surface area (Å²) in [5.74, 6) is -1.33. The van der Waals surface area contributed by atoms with Crippen molar-refractivity contribution >= 4 is 17.3 Å². The zero-order chi connectivity index (χ0) is 13.1. The highest BCUT2D eigenvalue weighted by Crippen LogP contribution is 2.30. The third kappa shape index (κ3) is 2.36. The molecule has 2 aromatic rings. The molecular formula is C13H11FO3S. The normalized spacial score (nSPS) is 10.3. The van der Waals surface area contributed by atoms with E-state index in [1.165, 1.54) is 28.8 Å². The lowest BCUT2D eigenvalue weighted by Crippen LogP contribution is -1.97. The Bertz CT molecular complexity index is 577. The van der Waals surface area contributed by atoms with Gasteiger partial charge in [0.1, 0.15) is 0 Å². The van der Waals surface area contributed by atoms with Crippen LogP contribution in [-0.4, -0.2) is 17.7 Å². The minimum Gasteiger partial charge on any atom is -0.491 e. The maximum atomic E-state index is 13.7. The largest absolute Gasteiger partial charge is 0.491 e. The van der Waals surface area contributed by atoms with E-state index in [0.29, 0.717) is 17.7 Å². The average Bonchev–Trinajstić information content (AvgIpc) is 2.81. The van der Waals surface area contributed by atoms with Gasteiger partial charge in [0.2, 0.25) is 0 Å². The first kappa shape index (κ1) is 12.6. The average molecular weight is 266 g/mol. The van der Waals surface area contributed by atoms with Gasteiger partial charge in [-0.15, -0.1) is 0 Å². The van der Waals surface area contributed by atoms with Gasteiger partial charge in [0.25, 0.3) is 0 Å². The molecule has 0 saturated carbocycles. The first-order chi connectivity index (χ1) is 8.63. The Labute approximate surface area is 107 Å². The fourth-order valence-corrected chi connectivity index (χ4v) is 2.46. The van der Waals surface area contributed by atoms with Gasteiger partial charge in [-0.3, -0.25) is 0 Å². The molecule has 1 heterocycles. The van der Waals surface area contributed by atoms with Crippen molar-refractivity contribution in [3.8, 4) is 16.9 Å². The van der Waals surface area contributed by atoms with Crippen LogP contribution in [0.3, 0.4) is 0 Å². The van der Waals surface area contributed by atoms with E-state index < -0.39 is 11.8 Å². The van der Waals surface area contributed by atoms with Crippen LogP contribution in [0.25, 0.3) is 11.1 Å². The minimum absolute atomic E-state index is 0.174. The molecule has 0 unspecified atom stereocenters. The van der Waals surface area contributed by atoms with Gasteiger partial charge >= 0.3 is 5.97 Å². The van der Waals surface area contributed by atoms with Crippen molar-refractivity contribution in [2.45, 2.75) is 6.92 Å². The van der Waals surface area contributed by atoms with Gasteiger partial charge < -0.3 is 9.84 Å². The van der Waals surface area contributed by atoms with Crippen LogP contribution in [0, 0.1) is 5.82 Å². The Morgan fingerprint density at radius 3 is 2.83 bits per heavy atom. The number of ether oxygens (including phenoxy) is 1. The number of hydrogen-bond donors (Lipinski definition) is 1. The lowest BCUT2D eigenvalue weighted by atomic mass is 10.0. The maximum Gasteiger partial charge on any atom is 0.337 e. The number of rotatable bonds is 4. The molecule has 0 aliphatic carbocycles. The van der Waals surface area contributed by atoms with Crippen LogP contribution in [0.5, 0.6) is 5.75 Å². The first-order valence-corrected chi connectivity index (χ1v) is 6.30. The van der Waals surface area contributed by atoms with E-state index in [-0.39, 0.29) is 11.3 Å². The Hall–Kier alpha value is -1.88.